The smallest absolute Gasteiger partial charge is 0.225 e. The largest absolute Gasteiger partial charge is 0.342 e. The number of carbonyl (C=O) groups is 1. The van der Waals surface area contributed by atoms with Crippen LogP contribution in [-0.2, 0) is 11.3 Å². The number of hydrogen-bond donors (Lipinski definition) is 1. The van der Waals surface area contributed by atoms with Gasteiger partial charge in [-0.1, -0.05) is 29.8 Å². The van der Waals surface area contributed by atoms with Crippen molar-refractivity contribution in [1.82, 2.24) is 10.2 Å². The molecule has 1 saturated heterocycles. The highest BCUT2D eigenvalue weighted by Gasteiger charge is 2.34. The summed E-state index contributed by atoms with van der Waals surface area (Å²) in [6, 6.07) is 9.25. The molecule has 1 saturated carbocycles. The van der Waals surface area contributed by atoms with Crippen LogP contribution in [0.4, 0.5) is 0 Å². The summed E-state index contributed by atoms with van der Waals surface area (Å²) >= 11 is 0. The van der Waals surface area contributed by atoms with Gasteiger partial charge in [-0.2, -0.15) is 0 Å². The van der Waals surface area contributed by atoms with Crippen LogP contribution in [0, 0.1) is 12.8 Å². The fourth-order valence-electron chi connectivity index (χ4n) is 2.86. The van der Waals surface area contributed by atoms with Crippen LogP contribution in [0.3, 0.4) is 0 Å². The summed E-state index contributed by atoms with van der Waals surface area (Å²) in [4.78, 5) is 14.1. The van der Waals surface area contributed by atoms with Crippen molar-refractivity contribution < 1.29 is 4.79 Å². The quantitative estimate of drug-likeness (QED) is 0.913. The van der Waals surface area contributed by atoms with Crippen LogP contribution in [0.25, 0.3) is 0 Å². The molecular weight excluding hydrogens is 248 g/mol. The van der Waals surface area contributed by atoms with Crippen LogP contribution >= 0.6 is 0 Å². The molecule has 2 fully saturated rings. The third kappa shape index (κ3) is 3.40. The summed E-state index contributed by atoms with van der Waals surface area (Å²) in [7, 11) is 0. The van der Waals surface area contributed by atoms with Gasteiger partial charge in [0.1, 0.15) is 0 Å². The first-order valence-corrected chi connectivity index (χ1v) is 7.80. The molecule has 3 nitrogen and oxygen atoms in total. The predicted octanol–water partition coefficient (Wildman–Crippen LogP) is 2.49. The Morgan fingerprint density at radius 3 is 2.40 bits per heavy atom. The molecule has 3 rings (SSSR count). The normalized spacial score (nSPS) is 20.1. The van der Waals surface area contributed by atoms with Gasteiger partial charge < -0.3 is 10.2 Å². The van der Waals surface area contributed by atoms with Crippen LogP contribution in [0.15, 0.2) is 24.3 Å². The van der Waals surface area contributed by atoms with Crippen LogP contribution in [0.1, 0.15) is 36.8 Å². The molecule has 3 heteroatoms. The van der Waals surface area contributed by atoms with E-state index in [1.54, 1.807) is 0 Å². The van der Waals surface area contributed by atoms with Gasteiger partial charge in [-0.05, 0) is 38.2 Å². The van der Waals surface area contributed by atoms with Gasteiger partial charge in [-0.25, -0.2) is 0 Å². The second kappa shape index (κ2) is 5.96. The van der Waals surface area contributed by atoms with E-state index in [0.717, 1.165) is 45.3 Å². The highest BCUT2D eigenvalue weighted by molar-refractivity contribution is 5.81. The molecule has 1 aliphatic heterocycles. The first-order valence-electron chi connectivity index (χ1n) is 7.80. The Bertz CT molecular complexity index is 456. The number of hydrogen-bond acceptors (Lipinski definition) is 2. The molecule has 1 amide bonds. The SMILES string of the molecule is Cc1ccc(CNC2CCN(C(=O)C3CC3)CC2)cc1. The fourth-order valence-corrected chi connectivity index (χ4v) is 2.86. The van der Waals surface area contributed by atoms with Crippen molar-refractivity contribution in [1.29, 1.82) is 0 Å². The second-order valence-electron chi connectivity index (χ2n) is 6.24. The molecule has 0 unspecified atom stereocenters. The Morgan fingerprint density at radius 1 is 1.15 bits per heavy atom. The number of benzene rings is 1. The topological polar surface area (TPSA) is 32.3 Å². The number of aryl methyl sites for hydroxylation is 1. The Balaban J connectivity index is 1.42. The monoisotopic (exact) mass is 272 g/mol. The Kier molecular flexibility index (Phi) is 4.06. The maximum atomic E-state index is 12.0. The first kappa shape index (κ1) is 13.6. The van der Waals surface area contributed by atoms with E-state index < -0.39 is 0 Å². The number of nitrogens with zero attached hydrogens (tertiary/aromatic N) is 1. The average Bonchev–Trinajstić information content (AvgIpc) is 3.31. The maximum absolute atomic E-state index is 12.0. The van der Waals surface area contributed by atoms with E-state index in [4.69, 9.17) is 0 Å². The first-order chi connectivity index (χ1) is 9.72. The summed E-state index contributed by atoms with van der Waals surface area (Å²) in [5.41, 5.74) is 2.65. The minimum absolute atomic E-state index is 0.368. The van der Waals surface area contributed by atoms with Crippen molar-refractivity contribution in [2.24, 2.45) is 5.92 Å². The lowest BCUT2D eigenvalue weighted by Gasteiger charge is -2.32. The summed E-state index contributed by atoms with van der Waals surface area (Å²) < 4.78 is 0. The van der Waals surface area contributed by atoms with Gasteiger partial charge in [-0.3, -0.25) is 4.79 Å². The minimum atomic E-state index is 0.368. The lowest BCUT2D eigenvalue weighted by Crippen LogP contribution is -2.45. The van der Waals surface area contributed by atoms with Crippen LogP contribution in [0.2, 0.25) is 0 Å². The molecule has 0 spiro atoms. The summed E-state index contributed by atoms with van der Waals surface area (Å²) in [5.74, 6) is 0.772. The van der Waals surface area contributed by atoms with Crippen molar-refractivity contribution in [3.05, 3.63) is 35.4 Å². The Labute approximate surface area is 121 Å². The predicted molar refractivity (Wildman–Crippen MR) is 80.3 cm³/mol. The molecule has 0 aromatic heterocycles. The molecule has 0 atom stereocenters. The van der Waals surface area contributed by atoms with Crippen molar-refractivity contribution >= 4 is 5.91 Å². The lowest BCUT2D eigenvalue weighted by atomic mass is 10.0. The third-order valence-corrected chi connectivity index (χ3v) is 4.45. The van der Waals surface area contributed by atoms with Crippen LogP contribution < -0.4 is 5.32 Å². The van der Waals surface area contributed by atoms with Gasteiger partial charge >= 0.3 is 0 Å². The number of rotatable bonds is 4. The highest BCUT2D eigenvalue weighted by Crippen LogP contribution is 2.31. The number of amides is 1. The third-order valence-electron chi connectivity index (χ3n) is 4.45. The van der Waals surface area contributed by atoms with Gasteiger partial charge in [-0.15, -0.1) is 0 Å². The van der Waals surface area contributed by atoms with Gasteiger partial charge in [0.25, 0.3) is 0 Å². The van der Waals surface area contributed by atoms with E-state index in [1.165, 1.54) is 11.1 Å². The van der Waals surface area contributed by atoms with Crippen molar-refractivity contribution in [3.63, 3.8) is 0 Å². The fraction of sp³-hybridized carbons (Fsp3) is 0.588. The van der Waals surface area contributed by atoms with E-state index in [1.807, 2.05) is 0 Å². The molecule has 20 heavy (non-hydrogen) atoms. The van der Waals surface area contributed by atoms with Crippen LogP contribution in [-0.4, -0.2) is 29.9 Å². The molecule has 1 N–H and O–H groups in total. The van der Waals surface area contributed by atoms with Crippen molar-refractivity contribution in [2.45, 2.75) is 45.2 Å². The molecule has 108 valence electrons. The number of likely N-dealkylation sites (tertiary alicyclic amines) is 1. The molecule has 1 heterocycles. The zero-order valence-corrected chi connectivity index (χ0v) is 12.3. The molecule has 1 aromatic rings. The second-order valence-corrected chi connectivity index (χ2v) is 6.24. The van der Waals surface area contributed by atoms with Gasteiger partial charge in [0.15, 0.2) is 0 Å². The van der Waals surface area contributed by atoms with E-state index in [0.29, 0.717) is 17.9 Å². The van der Waals surface area contributed by atoms with E-state index in [9.17, 15) is 4.79 Å². The summed E-state index contributed by atoms with van der Waals surface area (Å²) in [6.07, 6.45) is 4.41. The minimum Gasteiger partial charge on any atom is -0.342 e. The van der Waals surface area contributed by atoms with Crippen molar-refractivity contribution in [3.8, 4) is 0 Å². The molecule has 1 aromatic carbocycles. The maximum Gasteiger partial charge on any atom is 0.225 e. The van der Waals surface area contributed by atoms with Gasteiger partial charge in [0.2, 0.25) is 5.91 Å². The molecule has 2 aliphatic rings. The summed E-state index contributed by atoms with van der Waals surface area (Å²) in [5, 5.41) is 3.62. The summed E-state index contributed by atoms with van der Waals surface area (Å²) in [6.45, 7) is 4.91. The van der Waals surface area contributed by atoms with Gasteiger partial charge in [0, 0.05) is 31.6 Å². The number of piperidine rings is 1. The number of nitrogens with one attached hydrogen (secondary N) is 1. The molecule has 0 bridgehead atoms. The van der Waals surface area contributed by atoms with E-state index in [2.05, 4.69) is 41.4 Å². The molecule has 1 aliphatic carbocycles. The standard InChI is InChI=1S/C17H24N2O/c1-13-2-4-14(5-3-13)12-18-16-8-10-19(11-9-16)17(20)15-6-7-15/h2-5,15-16,18H,6-12H2,1H3. The Hall–Kier alpha value is -1.35. The van der Waals surface area contributed by atoms with Crippen molar-refractivity contribution in [2.75, 3.05) is 13.1 Å². The zero-order chi connectivity index (χ0) is 13.9. The Morgan fingerprint density at radius 2 is 1.80 bits per heavy atom. The molecule has 0 radical (unpaired) electrons. The molecular formula is C17H24N2O. The average molecular weight is 272 g/mol. The van der Waals surface area contributed by atoms with Gasteiger partial charge in [0.05, 0.1) is 0 Å². The highest BCUT2D eigenvalue weighted by atomic mass is 16.2. The van der Waals surface area contributed by atoms with Crippen LogP contribution in [0.5, 0.6) is 0 Å². The van der Waals surface area contributed by atoms with E-state index >= 15 is 0 Å². The number of carbonyl (C=O) groups excluding carboxylic acids is 1. The lowest BCUT2D eigenvalue weighted by molar-refractivity contribution is -0.133. The van der Waals surface area contributed by atoms with E-state index in [-0.39, 0.29) is 0 Å². The zero-order valence-electron chi connectivity index (χ0n) is 12.3.